The first-order valence-corrected chi connectivity index (χ1v) is 5.14. The second kappa shape index (κ2) is 4.61. The van der Waals surface area contributed by atoms with Crippen LogP contribution in [0, 0.1) is 18.3 Å². The summed E-state index contributed by atoms with van der Waals surface area (Å²) in [6.45, 7) is 2.60. The molecule has 0 aromatic carbocycles. The van der Waals surface area contributed by atoms with Crippen molar-refractivity contribution in [1.82, 2.24) is 19.7 Å². The first-order chi connectivity index (χ1) is 8.19. The van der Waals surface area contributed by atoms with E-state index in [1.807, 2.05) is 26.2 Å². The summed E-state index contributed by atoms with van der Waals surface area (Å²) in [7, 11) is 1.89. The van der Waals surface area contributed by atoms with Gasteiger partial charge in [-0.1, -0.05) is 0 Å². The fourth-order valence-electron chi connectivity index (χ4n) is 1.49. The lowest BCUT2D eigenvalue weighted by Crippen LogP contribution is -2.02. The van der Waals surface area contributed by atoms with Crippen LogP contribution in [0.4, 0.5) is 5.82 Å². The van der Waals surface area contributed by atoms with Gasteiger partial charge >= 0.3 is 0 Å². The van der Waals surface area contributed by atoms with Gasteiger partial charge in [0.1, 0.15) is 11.9 Å². The fourth-order valence-corrected chi connectivity index (χ4v) is 1.49. The Hall–Kier alpha value is -2.42. The van der Waals surface area contributed by atoms with Crippen LogP contribution in [0.2, 0.25) is 0 Å². The zero-order chi connectivity index (χ0) is 12.3. The molecular weight excluding hydrogens is 216 g/mol. The zero-order valence-electron chi connectivity index (χ0n) is 9.68. The van der Waals surface area contributed by atoms with Gasteiger partial charge in [0, 0.05) is 25.4 Å². The summed E-state index contributed by atoms with van der Waals surface area (Å²) in [6.07, 6.45) is 4.95. The van der Waals surface area contributed by atoms with Gasteiger partial charge in [-0.2, -0.15) is 10.4 Å². The van der Waals surface area contributed by atoms with Gasteiger partial charge in [0.05, 0.1) is 18.1 Å². The molecule has 0 amide bonds. The Morgan fingerprint density at radius 2 is 2.24 bits per heavy atom. The van der Waals surface area contributed by atoms with Crippen molar-refractivity contribution in [1.29, 1.82) is 5.26 Å². The van der Waals surface area contributed by atoms with Crippen LogP contribution in [0.5, 0.6) is 0 Å². The van der Waals surface area contributed by atoms with Crippen LogP contribution in [0.1, 0.15) is 17.0 Å². The Morgan fingerprint density at radius 1 is 1.41 bits per heavy atom. The molecule has 2 aromatic heterocycles. The van der Waals surface area contributed by atoms with E-state index in [2.05, 4.69) is 20.4 Å². The monoisotopic (exact) mass is 228 g/mol. The van der Waals surface area contributed by atoms with Gasteiger partial charge in [0.25, 0.3) is 0 Å². The minimum absolute atomic E-state index is 0.313. The third-order valence-electron chi connectivity index (χ3n) is 2.34. The lowest BCUT2D eigenvalue weighted by Gasteiger charge is -2.03. The van der Waals surface area contributed by atoms with E-state index in [0.717, 1.165) is 11.3 Å². The van der Waals surface area contributed by atoms with Crippen molar-refractivity contribution in [2.45, 2.75) is 13.5 Å². The molecule has 2 heterocycles. The highest BCUT2D eigenvalue weighted by Gasteiger charge is 2.03. The van der Waals surface area contributed by atoms with Crippen LogP contribution in [0.25, 0.3) is 0 Å². The predicted octanol–water partition coefficient (Wildman–Crippen LogP) is 1.00. The van der Waals surface area contributed by atoms with Crippen molar-refractivity contribution < 1.29 is 0 Å². The third-order valence-corrected chi connectivity index (χ3v) is 2.34. The van der Waals surface area contributed by atoms with Crippen LogP contribution in [-0.2, 0) is 13.6 Å². The van der Waals surface area contributed by atoms with E-state index in [4.69, 9.17) is 5.26 Å². The molecule has 0 bridgehead atoms. The molecule has 6 nitrogen and oxygen atoms in total. The summed E-state index contributed by atoms with van der Waals surface area (Å²) in [5.74, 6) is 0.646. The van der Waals surface area contributed by atoms with Crippen molar-refractivity contribution in [2.24, 2.45) is 7.05 Å². The van der Waals surface area contributed by atoms with Crippen molar-refractivity contribution in [3.05, 3.63) is 35.5 Å². The van der Waals surface area contributed by atoms with E-state index in [1.54, 1.807) is 10.9 Å². The highest BCUT2D eigenvalue weighted by Crippen LogP contribution is 2.08. The van der Waals surface area contributed by atoms with Crippen molar-refractivity contribution >= 4 is 5.82 Å². The number of hydrogen-bond acceptors (Lipinski definition) is 5. The van der Waals surface area contributed by atoms with Crippen LogP contribution in [0.15, 0.2) is 18.6 Å². The van der Waals surface area contributed by atoms with Crippen LogP contribution < -0.4 is 5.32 Å². The summed E-state index contributed by atoms with van der Waals surface area (Å²) in [5, 5.41) is 16.0. The molecule has 0 aliphatic rings. The van der Waals surface area contributed by atoms with E-state index >= 15 is 0 Å². The molecular formula is C11H12N6. The number of rotatable bonds is 3. The smallest absolute Gasteiger partial charge is 0.158 e. The molecule has 1 N–H and O–H groups in total. The zero-order valence-corrected chi connectivity index (χ0v) is 9.68. The van der Waals surface area contributed by atoms with E-state index in [1.165, 1.54) is 6.20 Å². The fraction of sp³-hybridized carbons (Fsp3) is 0.273. The maximum atomic E-state index is 8.59. The van der Waals surface area contributed by atoms with Crippen molar-refractivity contribution in [3.63, 3.8) is 0 Å². The molecule has 17 heavy (non-hydrogen) atoms. The maximum Gasteiger partial charge on any atom is 0.158 e. The Labute approximate surface area is 98.9 Å². The van der Waals surface area contributed by atoms with Crippen molar-refractivity contribution in [2.75, 3.05) is 5.32 Å². The van der Waals surface area contributed by atoms with Gasteiger partial charge < -0.3 is 5.32 Å². The molecule has 0 fully saturated rings. The second-order valence-corrected chi connectivity index (χ2v) is 3.67. The highest BCUT2D eigenvalue weighted by molar-refractivity contribution is 5.34. The summed E-state index contributed by atoms with van der Waals surface area (Å²) in [5.41, 5.74) is 2.41. The molecule has 86 valence electrons. The van der Waals surface area contributed by atoms with Gasteiger partial charge in [-0.3, -0.25) is 4.68 Å². The molecule has 6 heteroatoms. The average Bonchev–Trinajstić information content (AvgIpc) is 2.66. The molecule has 0 saturated carbocycles. The molecule has 2 aromatic rings. The molecule has 2 rings (SSSR count). The molecule has 0 unspecified atom stereocenters. The maximum absolute atomic E-state index is 8.59. The number of aromatic nitrogens is 4. The first-order valence-electron chi connectivity index (χ1n) is 5.14. The largest absolute Gasteiger partial charge is 0.365 e. The number of nitrogens with one attached hydrogen (secondary N) is 1. The molecule has 0 aliphatic heterocycles. The minimum Gasteiger partial charge on any atom is -0.365 e. The second-order valence-electron chi connectivity index (χ2n) is 3.67. The highest BCUT2D eigenvalue weighted by atomic mass is 15.3. The number of aryl methyl sites for hydroxylation is 2. The normalized spacial score (nSPS) is 9.94. The molecule has 0 radical (unpaired) electrons. The van der Waals surface area contributed by atoms with Crippen LogP contribution >= 0.6 is 0 Å². The van der Waals surface area contributed by atoms with Gasteiger partial charge in [0.15, 0.2) is 5.69 Å². The summed E-state index contributed by atoms with van der Waals surface area (Å²) in [4.78, 5) is 8.01. The lowest BCUT2D eigenvalue weighted by atomic mass is 10.2. The minimum atomic E-state index is 0.313. The summed E-state index contributed by atoms with van der Waals surface area (Å²) >= 11 is 0. The van der Waals surface area contributed by atoms with Gasteiger partial charge in [0.2, 0.25) is 0 Å². The van der Waals surface area contributed by atoms with Gasteiger partial charge in [-0.15, -0.1) is 0 Å². The summed E-state index contributed by atoms with van der Waals surface area (Å²) in [6, 6.07) is 1.93. The Bertz CT molecular complexity index is 548. The molecule has 0 atom stereocenters. The van der Waals surface area contributed by atoms with Gasteiger partial charge in [-0.05, 0) is 6.92 Å². The van der Waals surface area contributed by atoms with Crippen LogP contribution in [0.3, 0.4) is 0 Å². The van der Waals surface area contributed by atoms with Gasteiger partial charge in [-0.25, -0.2) is 9.97 Å². The number of nitrogens with zero attached hydrogens (tertiary/aromatic N) is 5. The van der Waals surface area contributed by atoms with E-state index in [0.29, 0.717) is 18.1 Å². The Morgan fingerprint density at radius 3 is 2.76 bits per heavy atom. The number of nitriles is 1. The van der Waals surface area contributed by atoms with Crippen molar-refractivity contribution in [3.8, 4) is 6.07 Å². The average molecular weight is 228 g/mol. The predicted molar refractivity (Wildman–Crippen MR) is 62.0 cm³/mol. The van der Waals surface area contributed by atoms with Crippen LogP contribution in [-0.4, -0.2) is 19.7 Å². The SMILES string of the molecule is Cc1nn(C)cc1CNc1cnc(C#N)cn1. The topological polar surface area (TPSA) is 79.4 Å². The van der Waals surface area contributed by atoms with E-state index < -0.39 is 0 Å². The molecule has 0 spiro atoms. The summed E-state index contributed by atoms with van der Waals surface area (Å²) < 4.78 is 1.77. The standard InChI is InChI=1S/C11H12N6/c1-8-9(7-17(2)16-8)4-14-11-6-13-10(3-12)5-15-11/h5-7H,4H2,1-2H3,(H,14,15). The van der Waals surface area contributed by atoms with E-state index in [-0.39, 0.29) is 0 Å². The number of anilines is 1. The number of hydrogen-bond donors (Lipinski definition) is 1. The Kier molecular flexibility index (Phi) is 3.01. The lowest BCUT2D eigenvalue weighted by molar-refractivity contribution is 0.756. The Balaban J connectivity index is 2.02. The molecule has 0 saturated heterocycles. The quantitative estimate of drug-likeness (QED) is 0.847. The van der Waals surface area contributed by atoms with E-state index in [9.17, 15) is 0 Å². The molecule has 0 aliphatic carbocycles. The first kappa shape index (κ1) is 11.1. The third kappa shape index (κ3) is 2.58.